The monoisotopic (exact) mass is 219 g/mol. The molecule has 57 valence electrons. The van der Waals surface area contributed by atoms with E-state index in [1.165, 1.54) is 0 Å². The van der Waals surface area contributed by atoms with Gasteiger partial charge in [0.15, 0.2) is 0 Å². The van der Waals surface area contributed by atoms with E-state index in [2.05, 4.69) is 0 Å². The van der Waals surface area contributed by atoms with Crippen LogP contribution >= 0.6 is 20.3 Å². The molecule has 0 bridgehead atoms. The van der Waals surface area contributed by atoms with Gasteiger partial charge in [-0.2, -0.15) is 0 Å². The number of carboxylic acids is 2. The molecule has 0 aromatic carbocycles. The summed E-state index contributed by atoms with van der Waals surface area (Å²) in [5, 5.41) is 14.8. The molecule has 7 heteroatoms. The molecule has 0 unspecified atom stereocenters. The molecule has 0 saturated carbocycles. The molecule has 0 aromatic rings. The molecule has 0 rings (SSSR count). The number of hydrogen-bond acceptors (Lipinski definition) is 2. The summed E-state index contributed by atoms with van der Waals surface area (Å²) in [5.74, 6) is -3.65. The van der Waals surface area contributed by atoms with E-state index in [0.29, 0.717) is 12.9 Å². The second kappa shape index (κ2) is 8.03. The van der Waals surface area contributed by atoms with E-state index in [1.807, 2.05) is 0 Å². The van der Waals surface area contributed by atoms with Crippen LogP contribution in [-0.4, -0.2) is 22.2 Å². The first kappa shape index (κ1) is 11.8. The van der Waals surface area contributed by atoms with Crippen molar-refractivity contribution in [2.75, 3.05) is 0 Å². The number of rotatable bonds is 0. The summed E-state index contributed by atoms with van der Waals surface area (Å²) >= 11 is 0.382. The number of halogens is 2. The van der Waals surface area contributed by atoms with Gasteiger partial charge in [-0.05, 0) is 0 Å². The summed E-state index contributed by atoms with van der Waals surface area (Å²) in [6.45, 7) is 0. The molecule has 0 radical (unpaired) electrons. The third kappa shape index (κ3) is 18.0. The van der Waals surface area contributed by atoms with Crippen LogP contribution in [0.1, 0.15) is 0 Å². The molecular weight excluding hydrogens is 218 g/mol. The number of carbonyl (C=O) groups is 2. The van der Waals surface area contributed by atoms with Gasteiger partial charge < -0.3 is 10.2 Å². The molecule has 0 atom stereocenters. The maximum atomic E-state index is 9.10. The number of carboxylic acid groups (broad SMARTS) is 2. The Morgan fingerprint density at radius 1 is 1.11 bits per heavy atom. The van der Waals surface area contributed by atoms with Crippen LogP contribution in [0.4, 0.5) is 0 Å². The first-order valence-corrected chi connectivity index (χ1v) is 4.22. The van der Waals surface area contributed by atoms with E-state index in [1.54, 1.807) is 0 Å². The number of aliphatic carboxylic acids is 2. The zero-order valence-corrected chi connectivity index (χ0v) is 6.35. The van der Waals surface area contributed by atoms with Crippen molar-refractivity contribution in [1.29, 1.82) is 0 Å². The van der Waals surface area contributed by atoms with Crippen LogP contribution in [0.2, 0.25) is 0 Å². The minimum absolute atomic E-state index is 0.382. The third-order valence-electron chi connectivity index (χ3n) is 0.183. The quantitative estimate of drug-likeness (QED) is 0.583. The van der Waals surface area contributed by atoms with Gasteiger partial charge in [-0.1, -0.05) is 0 Å². The second-order valence-corrected chi connectivity index (χ2v) is 2.38. The molecule has 0 aliphatic heterocycles. The van der Waals surface area contributed by atoms with Crippen molar-refractivity contribution in [3.63, 3.8) is 0 Å². The van der Waals surface area contributed by atoms with Gasteiger partial charge >= 0.3 is 45.1 Å². The van der Waals surface area contributed by atoms with E-state index in [-0.39, 0.29) is 0 Å². The number of hydrogen-bond donors (Lipinski definition) is 2. The zero-order valence-electron chi connectivity index (χ0n) is 3.80. The van der Waals surface area contributed by atoms with Crippen molar-refractivity contribution in [2.45, 2.75) is 0 Å². The molecule has 0 spiro atoms. The molecule has 0 amide bonds. The molecule has 0 aromatic heterocycles. The summed E-state index contributed by atoms with van der Waals surface area (Å²) in [5.41, 5.74) is 0. The van der Waals surface area contributed by atoms with Gasteiger partial charge in [0.05, 0.1) is 0 Å². The first-order valence-electron chi connectivity index (χ1n) is 1.36. The van der Waals surface area contributed by atoms with E-state index < -0.39 is 11.9 Å². The summed E-state index contributed by atoms with van der Waals surface area (Å²) in [6, 6.07) is 0. The molecule has 0 saturated heterocycles. The van der Waals surface area contributed by atoms with Gasteiger partial charge in [-0.3, -0.25) is 0 Å². The summed E-state index contributed by atoms with van der Waals surface area (Å²) in [6.07, 6.45) is 0. The Morgan fingerprint density at radius 2 is 1.22 bits per heavy atom. The van der Waals surface area contributed by atoms with Gasteiger partial charge in [-0.15, -0.1) is 0 Å². The third-order valence-corrected chi connectivity index (χ3v) is 0.183. The van der Waals surface area contributed by atoms with Crippen LogP contribution < -0.4 is 0 Å². The molecule has 0 aliphatic rings. The average Bonchev–Trinajstić information content (AvgIpc) is 1.68. The van der Waals surface area contributed by atoms with Crippen molar-refractivity contribution in [2.24, 2.45) is 0 Å². The van der Waals surface area contributed by atoms with Gasteiger partial charge in [0.1, 0.15) is 0 Å². The Morgan fingerprint density at radius 3 is 1.22 bits per heavy atom. The molecular formula is C2H2Cl2CoO4. The molecule has 4 nitrogen and oxygen atoms in total. The SMILES string of the molecule is O=C(O)C(=O)O.[Cl][Co][Cl]. The second-order valence-electron chi connectivity index (χ2n) is 0.658. The molecule has 0 fully saturated rings. The van der Waals surface area contributed by atoms with Crippen molar-refractivity contribution in [3.8, 4) is 0 Å². The van der Waals surface area contributed by atoms with Crippen molar-refractivity contribution in [1.82, 2.24) is 0 Å². The Kier molecular flexibility index (Phi) is 10.5. The van der Waals surface area contributed by atoms with Crippen LogP contribution in [0.25, 0.3) is 0 Å². The fourth-order valence-corrected chi connectivity index (χ4v) is 0. The Labute approximate surface area is 65.2 Å². The van der Waals surface area contributed by atoms with Crippen molar-refractivity contribution < 1.29 is 32.7 Å². The predicted molar refractivity (Wildman–Crippen MR) is 27.0 cm³/mol. The van der Waals surface area contributed by atoms with E-state index >= 15 is 0 Å². The van der Waals surface area contributed by atoms with Crippen molar-refractivity contribution >= 4 is 32.2 Å². The molecule has 9 heavy (non-hydrogen) atoms. The summed E-state index contributed by atoms with van der Waals surface area (Å²) < 4.78 is 0. The van der Waals surface area contributed by atoms with Gasteiger partial charge in [0, 0.05) is 0 Å². The summed E-state index contributed by atoms with van der Waals surface area (Å²) in [4.78, 5) is 18.2. The molecule has 0 aliphatic carbocycles. The maximum absolute atomic E-state index is 9.10. The van der Waals surface area contributed by atoms with E-state index in [4.69, 9.17) is 40.1 Å². The van der Waals surface area contributed by atoms with E-state index in [0.717, 1.165) is 0 Å². The summed E-state index contributed by atoms with van der Waals surface area (Å²) in [7, 11) is 9.47. The Hall–Kier alpha value is 0.0265. The van der Waals surface area contributed by atoms with Crippen molar-refractivity contribution in [3.05, 3.63) is 0 Å². The topological polar surface area (TPSA) is 74.6 Å². The van der Waals surface area contributed by atoms with Gasteiger partial charge in [0.25, 0.3) is 0 Å². The normalized spacial score (nSPS) is 7.33. The fraction of sp³-hybridized carbons (Fsp3) is 0. The van der Waals surface area contributed by atoms with E-state index in [9.17, 15) is 0 Å². The Balaban J connectivity index is 0. The van der Waals surface area contributed by atoms with Crippen LogP contribution in [0.5, 0.6) is 0 Å². The fourth-order valence-electron chi connectivity index (χ4n) is 0. The van der Waals surface area contributed by atoms with Gasteiger partial charge in [0.2, 0.25) is 0 Å². The van der Waals surface area contributed by atoms with Gasteiger partial charge in [-0.25, -0.2) is 9.59 Å². The van der Waals surface area contributed by atoms with Crippen LogP contribution in [0, 0.1) is 0 Å². The van der Waals surface area contributed by atoms with Crippen LogP contribution in [0.15, 0.2) is 0 Å². The van der Waals surface area contributed by atoms with Crippen LogP contribution in [-0.2, 0) is 22.5 Å². The average molecular weight is 220 g/mol. The first-order chi connectivity index (χ1) is 4.06. The predicted octanol–water partition coefficient (Wildman–Crippen LogP) is 0.532. The van der Waals surface area contributed by atoms with Crippen LogP contribution in [0.3, 0.4) is 0 Å². The standard InChI is InChI=1S/C2H2O4.2ClH.Co/c3-1(4)2(5)6;;;/h(H,3,4)(H,5,6);2*1H;/q;;;+2/p-2. The zero-order chi connectivity index (χ0) is 7.86. The Bertz CT molecular complexity index is 92.7. The molecule has 2 N–H and O–H groups in total. The minimum atomic E-state index is -1.82. The molecule has 0 heterocycles.